The highest BCUT2D eigenvalue weighted by atomic mass is 32.1. The minimum absolute atomic E-state index is 0.150. The summed E-state index contributed by atoms with van der Waals surface area (Å²) in [4.78, 5) is 48.9. The van der Waals surface area contributed by atoms with Crippen LogP contribution in [0.1, 0.15) is 41.4 Å². The van der Waals surface area contributed by atoms with E-state index in [2.05, 4.69) is 9.97 Å². The molecule has 0 radical (unpaired) electrons. The van der Waals surface area contributed by atoms with Gasteiger partial charge in [0.05, 0.1) is 11.1 Å². The molecule has 0 unspecified atom stereocenters. The first kappa shape index (κ1) is 22.9. The minimum atomic E-state index is -1.20. The maximum Gasteiger partial charge on any atom is 0.337 e. The van der Waals surface area contributed by atoms with Gasteiger partial charge in [0, 0.05) is 46.7 Å². The molecule has 3 heterocycles. The van der Waals surface area contributed by atoms with Gasteiger partial charge in [0.25, 0.3) is 0 Å². The zero-order valence-electron chi connectivity index (χ0n) is 14.8. The Morgan fingerprint density at radius 1 is 0.690 bits per heavy atom. The van der Waals surface area contributed by atoms with Gasteiger partial charge in [-0.3, -0.25) is 19.6 Å². The van der Waals surface area contributed by atoms with Gasteiger partial charge in [0.15, 0.2) is 0 Å². The number of aromatic nitrogens is 2. The number of rotatable bonds is 4. The van der Waals surface area contributed by atoms with Crippen molar-refractivity contribution in [3.05, 3.63) is 82.1 Å². The smallest absolute Gasteiger partial charge is 0.337 e. The fourth-order valence-corrected chi connectivity index (χ4v) is 2.46. The molecule has 3 aromatic heterocycles. The van der Waals surface area contributed by atoms with E-state index < -0.39 is 23.8 Å². The van der Waals surface area contributed by atoms with Crippen molar-refractivity contribution in [3.63, 3.8) is 0 Å². The largest absolute Gasteiger partial charge is 0.478 e. The number of carboxylic acids is 2. The zero-order valence-corrected chi connectivity index (χ0v) is 15.6. The first-order valence-corrected chi connectivity index (χ1v) is 8.60. The molecule has 2 amide bonds. The van der Waals surface area contributed by atoms with Crippen LogP contribution in [0.25, 0.3) is 0 Å². The fraction of sp³-hybridized carbons (Fsp3) is 0. The van der Waals surface area contributed by atoms with E-state index in [4.69, 9.17) is 21.7 Å². The second-order valence-corrected chi connectivity index (χ2v) is 5.75. The predicted octanol–water partition coefficient (Wildman–Crippen LogP) is 1.51. The van der Waals surface area contributed by atoms with Crippen molar-refractivity contribution in [2.24, 2.45) is 11.5 Å². The first-order chi connectivity index (χ1) is 13.7. The minimum Gasteiger partial charge on any atom is -0.478 e. The van der Waals surface area contributed by atoms with E-state index >= 15 is 0 Å². The Labute approximate surface area is 168 Å². The summed E-state index contributed by atoms with van der Waals surface area (Å²) in [5.41, 5.74) is 10.6. The maximum absolute atomic E-state index is 10.4. The van der Waals surface area contributed by atoms with Gasteiger partial charge in [-0.15, -0.1) is 0 Å². The number of thiophene rings is 1. The highest BCUT2D eigenvalue weighted by molar-refractivity contribution is 7.08. The summed E-state index contributed by atoms with van der Waals surface area (Å²) < 4.78 is 0. The molecule has 11 heteroatoms. The molecule has 6 N–H and O–H groups in total. The molecule has 0 aromatic carbocycles. The van der Waals surface area contributed by atoms with Crippen LogP contribution in [0.4, 0.5) is 0 Å². The number of nitrogens with two attached hydrogens (primary N) is 2. The van der Waals surface area contributed by atoms with E-state index in [1.807, 2.05) is 0 Å². The number of amides is 2. The summed E-state index contributed by atoms with van der Waals surface area (Å²) in [6, 6.07) is 6.29. The molecule has 0 bridgehead atoms. The van der Waals surface area contributed by atoms with Gasteiger partial charge in [0.1, 0.15) is 0 Å². The summed E-state index contributed by atoms with van der Waals surface area (Å²) in [5.74, 6) is -3.25. The molecule has 150 valence electrons. The van der Waals surface area contributed by atoms with Crippen LogP contribution in [0.2, 0.25) is 0 Å². The molecule has 29 heavy (non-hydrogen) atoms. The van der Waals surface area contributed by atoms with E-state index in [1.54, 1.807) is 24.3 Å². The van der Waals surface area contributed by atoms with E-state index in [1.165, 1.54) is 35.5 Å². The van der Waals surface area contributed by atoms with Crippen molar-refractivity contribution in [1.82, 2.24) is 9.97 Å². The van der Waals surface area contributed by atoms with Crippen molar-refractivity contribution in [2.45, 2.75) is 0 Å². The summed E-state index contributed by atoms with van der Waals surface area (Å²) in [5, 5.41) is 19.5. The van der Waals surface area contributed by atoms with Crippen molar-refractivity contribution >= 4 is 35.1 Å². The molecule has 0 saturated carbocycles. The Morgan fingerprint density at radius 3 is 1.21 bits per heavy atom. The number of primary amides is 2. The number of carboxylic acid groups (broad SMARTS) is 2. The Morgan fingerprint density at radius 2 is 1.00 bits per heavy atom. The molecule has 0 aliphatic carbocycles. The summed E-state index contributed by atoms with van der Waals surface area (Å²) in [7, 11) is 0. The first-order valence-electron chi connectivity index (χ1n) is 7.66. The van der Waals surface area contributed by atoms with Gasteiger partial charge in [-0.25, -0.2) is 9.59 Å². The molecular formula is C18H16N4O6S. The Balaban J connectivity index is 0.000000219. The van der Waals surface area contributed by atoms with Crippen LogP contribution in [-0.2, 0) is 0 Å². The van der Waals surface area contributed by atoms with Gasteiger partial charge in [-0.1, -0.05) is 0 Å². The van der Waals surface area contributed by atoms with Gasteiger partial charge in [0.2, 0.25) is 11.8 Å². The lowest BCUT2D eigenvalue weighted by molar-refractivity contribution is 0.0653. The number of aromatic carboxylic acids is 2. The number of carbonyl (C=O) groups excluding carboxylic acids is 2. The fourth-order valence-electron chi connectivity index (χ4n) is 1.66. The highest BCUT2D eigenvalue weighted by Gasteiger charge is 2.15. The van der Waals surface area contributed by atoms with Crippen molar-refractivity contribution in [1.29, 1.82) is 0 Å². The number of nitrogens with zero attached hydrogens (tertiary/aromatic N) is 2. The third kappa shape index (κ3) is 7.97. The van der Waals surface area contributed by atoms with Gasteiger partial charge < -0.3 is 21.7 Å². The Kier molecular flexibility index (Phi) is 9.14. The lowest BCUT2D eigenvalue weighted by atomic mass is 10.2. The third-order valence-corrected chi connectivity index (χ3v) is 3.80. The lowest BCUT2D eigenvalue weighted by Crippen LogP contribution is -2.10. The molecule has 0 saturated heterocycles. The molecule has 0 spiro atoms. The predicted molar refractivity (Wildman–Crippen MR) is 104 cm³/mol. The van der Waals surface area contributed by atoms with Crippen LogP contribution < -0.4 is 11.5 Å². The molecule has 0 aliphatic rings. The van der Waals surface area contributed by atoms with Crippen LogP contribution in [0, 0.1) is 0 Å². The average molecular weight is 416 g/mol. The topological polar surface area (TPSA) is 187 Å². The molecule has 10 nitrogen and oxygen atoms in total. The van der Waals surface area contributed by atoms with Crippen LogP contribution in [-0.4, -0.2) is 43.9 Å². The van der Waals surface area contributed by atoms with Crippen molar-refractivity contribution in [2.75, 3.05) is 0 Å². The van der Waals surface area contributed by atoms with Gasteiger partial charge in [-0.05, 0) is 24.3 Å². The number of hydrogen-bond donors (Lipinski definition) is 4. The standard InChI is InChI=1S/2C6H6N2O.C6H4O4S/c2*7-6(9)5-1-3-8-4-2-5;7-5(8)3-1-11-2-4(3)6(9)10/h2*1-4H,(H2,7,9);1-2H,(H,7,8)(H,9,10). The van der Waals surface area contributed by atoms with Crippen LogP contribution >= 0.6 is 11.3 Å². The average Bonchev–Trinajstić information content (AvgIpc) is 3.21. The Bertz CT molecular complexity index is 898. The number of carbonyl (C=O) groups is 4. The quantitative estimate of drug-likeness (QED) is 0.492. The monoisotopic (exact) mass is 416 g/mol. The van der Waals surface area contributed by atoms with Gasteiger partial charge in [-0.2, -0.15) is 11.3 Å². The Hall–Kier alpha value is -4.12. The number of pyridine rings is 2. The van der Waals surface area contributed by atoms with E-state index in [9.17, 15) is 19.2 Å². The second kappa shape index (κ2) is 11.6. The van der Waals surface area contributed by atoms with E-state index in [-0.39, 0.29) is 11.1 Å². The third-order valence-electron chi connectivity index (χ3n) is 3.05. The highest BCUT2D eigenvalue weighted by Crippen LogP contribution is 2.14. The number of hydrogen-bond acceptors (Lipinski definition) is 7. The van der Waals surface area contributed by atoms with Crippen molar-refractivity contribution in [3.8, 4) is 0 Å². The SMILES string of the molecule is NC(=O)c1ccncc1.NC(=O)c1ccncc1.O=C(O)c1cscc1C(=O)O. The molecular weight excluding hydrogens is 400 g/mol. The molecule has 3 aromatic rings. The molecule has 0 atom stereocenters. The van der Waals surface area contributed by atoms with E-state index in [0.717, 1.165) is 11.3 Å². The van der Waals surface area contributed by atoms with Gasteiger partial charge >= 0.3 is 11.9 Å². The molecule has 0 fully saturated rings. The lowest BCUT2D eigenvalue weighted by Gasteiger charge is -1.90. The maximum atomic E-state index is 10.4. The van der Waals surface area contributed by atoms with Crippen molar-refractivity contribution < 1.29 is 29.4 Å². The summed E-state index contributed by atoms with van der Waals surface area (Å²) >= 11 is 1.06. The zero-order chi connectivity index (χ0) is 21.8. The summed E-state index contributed by atoms with van der Waals surface area (Å²) in [6.45, 7) is 0. The van der Waals surface area contributed by atoms with Crippen LogP contribution in [0.5, 0.6) is 0 Å². The van der Waals surface area contributed by atoms with Crippen LogP contribution in [0.15, 0.2) is 59.8 Å². The molecule has 0 aliphatic heterocycles. The normalized spacial score (nSPS) is 9.10. The van der Waals surface area contributed by atoms with Crippen LogP contribution in [0.3, 0.4) is 0 Å². The van der Waals surface area contributed by atoms with E-state index in [0.29, 0.717) is 11.1 Å². The second-order valence-electron chi connectivity index (χ2n) is 5.01. The summed E-state index contributed by atoms with van der Waals surface area (Å²) in [6.07, 6.45) is 6.11. The molecule has 3 rings (SSSR count).